The fraction of sp³-hybridized carbons (Fsp3) is 0.895. The highest BCUT2D eigenvalue weighted by molar-refractivity contribution is 14.0. The third kappa shape index (κ3) is 4.64. The minimum atomic E-state index is 0. The molecule has 3 saturated heterocycles. The van der Waals surface area contributed by atoms with Crippen molar-refractivity contribution in [3.8, 4) is 0 Å². The molecule has 26 heavy (non-hydrogen) atoms. The first-order chi connectivity index (χ1) is 12.2. The van der Waals surface area contributed by atoms with Crippen LogP contribution in [-0.2, 0) is 4.79 Å². The number of hydrogen-bond acceptors (Lipinski definition) is 3. The monoisotopic (exact) mass is 475 g/mol. The lowest BCUT2D eigenvalue weighted by atomic mass is 9.79. The smallest absolute Gasteiger partial charge is 0.220 e. The molecule has 0 aromatic carbocycles. The maximum absolute atomic E-state index is 11.7. The summed E-state index contributed by atoms with van der Waals surface area (Å²) in [6.07, 6.45) is 7.09. The van der Waals surface area contributed by atoms with Crippen LogP contribution >= 0.6 is 24.0 Å². The van der Waals surface area contributed by atoms with Crippen molar-refractivity contribution in [2.75, 3.05) is 45.8 Å². The number of nitrogens with zero attached hydrogens (tertiary/aromatic N) is 3. The topological polar surface area (TPSA) is 60.0 Å². The number of carbonyl (C=O) groups is 1. The van der Waals surface area contributed by atoms with Gasteiger partial charge in [0.2, 0.25) is 5.91 Å². The van der Waals surface area contributed by atoms with Gasteiger partial charge < -0.3 is 20.4 Å². The van der Waals surface area contributed by atoms with E-state index in [-0.39, 0.29) is 35.3 Å². The van der Waals surface area contributed by atoms with Gasteiger partial charge in [0.15, 0.2) is 5.96 Å². The second-order valence-corrected chi connectivity index (χ2v) is 8.55. The second kappa shape index (κ2) is 8.63. The predicted octanol–water partition coefficient (Wildman–Crippen LogP) is 1.66. The fourth-order valence-corrected chi connectivity index (χ4v) is 4.85. The second-order valence-electron chi connectivity index (χ2n) is 8.55. The predicted molar refractivity (Wildman–Crippen MR) is 115 cm³/mol. The van der Waals surface area contributed by atoms with Crippen LogP contribution in [0.4, 0.5) is 0 Å². The van der Waals surface area contributed by atoms with Crippen molar-refractivity contribution < 1.29 is 4.79 Å². The summed E-state index contributed by atoms with van der Waals surface area (Å²) in [6, 6.07) is 0.886. The molecular formula is C19H34IN5O. The molecule has 1 amide bonds. The van der Waals surface area contributed by atoms with Crippen LogP contribution in [0.25, 0.3) is 0 Å². The van der Waals surface area contributed by atoms with Crippen LogP contribution in [0.1, 0.15) is 45.4 Å². The normalized spacial score (nSPS) is 32.7. The molecule has 0 aromatic rings. The van der Waals surface area contributed by atoms with Crippen molar-refractivity contribution in [3.05, 3.63) is 0 Å². The summed E-state index contributed by atoms with van der Waals surface area (Å²) in [7, 11) is 0. The summed E-state index contributed by atoms with van der Waals surface area (Å²) in [4.78, 5) is 21.8. The zero-order valence-corrected chi connectivity index (χ0v) is 18.3. The first-order valence-corrected chi connectivity index (χ1v) is 10.2. The van der Waals surface area contributed by atoms with Gasteiger partial charge in [-0.15, -0.1) is 24.0 Å². The van der Waals surface area contributed by atoms with E-state index < -0.39 is 0 Å². The molecule has 1 saturated carbocycles. The number of hydrogen-bond donors (Lipinski definition) is 2. The Hall–Kier alpha value is -0.570. The van der Waals surface area contributed by atoms with Gasteiger partial charge >= 0.3 is 0 Å². The number of piperidine rings is 1. The largest absolute Gasteiger partial charge is 0.357 e. The highest BCUT2D eigenvalue weighted by Crippen LogP contribution is 2.36. The van der Waals surface area contributed by atoms with E-state index in [0.29, 0.717) is 12.3 Å². The van der Waals surface area contributed by atoms with E-state index in [1.54, 1.807) is 0 Å². The molecule has 0 radical (unpaired) electrons. The Bertz CT molecular complexity index is 538. The summed E-state index contributed by atoms with van der Waals surface area (Å²) >= 11 is 0. The molecule has 6 nitrogen and oxygen atoms in total. The summed E-state index contributed by atoms with van der Waals surface area (Å²) in [5.74, 6) is 1.99. The molecular weight excluding hydrogens is 441 g/mol. The van der Waals surface area contributed by atoms with E-state index in [2.05, 4.69) is 27.4 Å². The molecule has 4 aliphatic rings. The van der Waals surface area contributed by atoms with Crippen molar-refractivity contribution in [2.45, 2.75) is 51.5 Å². The molecule has 2 N–H and O–H groups in total. The summed E-state index contributed by atoms with van der Waals surface area (Å²) in [6.45, 7) is 9.32. The van der Waals surface area contributed by atoms with Gasteiger partial charge in [-0.25, -0.2) is 0 Å². The Morgan fingerprint density at radius 3 is 2.88 bits per heavy atom. The molecule has 4 rings (SSSR count). The molecule has 2 unspecified atom stereocenters. The Balaban J connectivity index is 0.00000196. The Morgan fingerprint density at radius 2 is 2.19 bits per heavy atom. The number of guanidine groups is 1. The van der Waals surface area contributed by atoms with E-state index in [0.717, 1.165) is 57.6 Å². The molecule has 0 bridgehead atoms. The molecule has 1 aliphatic carbocycles. The lowest BCUT2D eigenvalue weighted by Gasteiger charge is -2.40. The van der Waals surface area contributed by atoms with E-state index in [9.17, 15) is 4.79 Å². The van der Waals surface area contributed by atoms with Crippen LogP contribution in [0.3, 0.4) is 0 Å². The number of nitrogens with one attached hydrogen (secondary N) is 2. The number of halogens is 1. The number of aliphatic imine (C=N–C) groups is 1. The van der Waals surface area contributed by atoms with Crippen molar-refractivity contribution in [2.24, 2.45) is 16.3 Å². The van der Waals surface area contributed by atoms with Crippen LogP contribution in [0.15, 0.2) is 4.99 Å². The van der Waals surface area contributed by atoms with Gasteiger partial charge in [0.05, 0.1) is 0 Å². The van der Waals surface area contributed by atoms with Gasteiger partial charge in [0, 0.05) is 57.1 Å². The Kier molecular flexibility index (Phi) is 6.69. The summed E-state index contributed by atoms with van der Waals surface area (Å²) in [5.41, 5.74) is 0.127. The van der Waals surface area contributed by atoms with E-state index in [1.807, 2.05) is 0 Å². The third-order valence-corrected chi connectivity index (χ3v) is 6.37. The highest BCUT2D eigenvalue weighted by atomic mass is 127. The fourth-order valence-electron chi connectivity index (χ4n) is 4.85. The average molecular weight is 475 g/mol. The van der Waals surface area contributed by atoms with E-state index >= 15 is 0 Å². The van der Waals surface area contributed by atoms with Crippen LogP contribution in [0.2, 0.25) is 0 Å². The van der Waals surface area contributed by atoms with Crippen LogP contribution in [-0.4, -0.2) is 73.5 Å². The Morgan fingerprint density at radius 1 is 1.35 bits per heavy atom. The van der Waals surface area contributed by atoms with Crippen molar-refractivity contribution in [1.82, 2.24) is 20.4 Å². The van der Waals surface area contributed by atoms with Crippen LogP contribution in [0.5, 0.6) is 0 Å². The number of amides is 1. The standard InChI is InChI=1S/C19H33N5O.HI/c1-2-20-18(21-11-15-6-9-23(12-15)16-4-5-16)24-8-3-7-19(14-24)10-17(25)22-13-19;/h15-16H,2-14H2,1H3,(H,20,21)(H,22,25);1H. The summed E-state index contributed by atoms with van der Waals surface area (Å²) < 4.78 is 0. The molecule has 3 heterocycles. The number of carbonyl (C=O) groups excluding carboxylic acids is 1. The third-order valence-electron chi connectivity index (χ3n) is 6.37. The minimum absolute atomic E-state index is 0. The van der Waals surface area contributed by atoms with Gasteiger partial charge in [-0.1, -0.05) is 0 Å². The van der Waals surface area contributed by atoms with E-state index in [1.165, 1.54) is 32.4 Å². The maximum Gasteiger partial charge on any atom is 0.220 e. The van der Waals surface area contributed by atoms with Gasteiger partial charge in [-0.2, -0.15) is 0 Å². The number of rotatable bonds is 4. The molecule has 1 spiro atoms. The molecule has 0 aromatic heterocycles. The SMILES string of the molecule is CCNC(=NCC1CCN(C2CC2)C1)N1CCCC2(CNC(=O)C2)C1.I. The van der Waals surface area contributed by atoms with Gasteiger partial charge in [0.1, 0.15) is 0 Å². The minimum Gasteiger partial charge on any atom is -0.357 e. The van der Waals surface area contributed by atoms with Gasteiger partial charge in [-0.3, -0.25) is 9.79 Å². The van der Waals surface area contributed by atoms with E-state index in [4.69, 9.17) is 4.99 Å². The zero-order chi connectivity index (χ0) is 17.3. The molecule has 4 fully saturated rings. The Labute approximate surface area is 174 Å². The molecule has 7 heteroatoms. The van der Waals surface area contributed by atoms with Crippen LogP contribution < -0.4 is 10.6 Å². The van der Waals surface area contributed by atoms with Crippen LogP contribution in [0, 0.1) is 11.3 Å². The average Bonchev–Trinajstić information content (AvgIpc) is 3.25. The summed E-state index contributed by atoms with van der Waals surface area (Å²) in [5, 5.41) is 6.54. The maximum atomic E-state index is 11.7. The lowest BCUT2D eigenvalue weighted by molar-refractivity contribution is -0.119. The zero-order valence-electron chi connectivity index (χ0n) is 16.0. The van der Waals surface area contributed by atoms with Gasteiger partial charge in [0.25, 0.3) is 0 Å². The highest BCUT2D eigenvalue weighted by Gasteiger charge is 2.42. The molecule has 3 aliphatic heterocycles. The lowest BCUT2D eigenvalue weighted by Crippen LogP contribution is -2.51. The van der Waals surface area contributed by atoms with Crippen molar-refractivity contribution >= 4 is 35.8 Å². The molecule has 148 valence electrons. The molecule has 2 atom stereocenters. The van der Waals surface area contributed by atoms with Crippen molar-refractivity contribution in [1.29, 1.82) is 0 Å². The van der Waals surface area contributed by atoms with Crippen molar-refractivity contribution in [3.63, 3.8) is 0 Å². The van der Waals surface area contributed by atoms with Gasteiger partial charge in [-0.05, 0) is 51.5 Å². The first kappa shape index (κ1) is 20.2. The first-order valence-electron chi connectivity index (χ1n) is 10.2. The number of likely N-dealkylation sites (tertiary alicyclic amines) is 2. The quantitative estimate of drug-likeness (QED) is 0.369.